The lowest BCUT2D eigenvalue weighted by Crippen LogP contribution is -2.15. The number of halogens is 1. The predicted octanol–water partition coefficient (Wildman–Crippen LogP) is 3.98. The minimum absolute atomic E-state index is 0.0439. The predicted molar refractivity (Wildman–Crippen MR) is 107 cm³/mol. The molecule has 29 heavy (non-hydrogen) atoms. The number of sulfonamides is 1. The Hall–Kier alpha value is -3.04. The van der Waals surface area contributed by atoms with Crippen molar-refractivity contribution in [3.8, 4) is 17.0 Å². The fraction of sp³-hybridized carbons (Fsp3) is 0.158. The van der Waals surface area contributed by atoms with E-state index in [9.17, 15) is 13.2 Å². The van der Waals surface area contributed by atoms with Crippen molar-refractivity contribution in [2.45, 2.75) is 11.8 Å². The highest BCUT2D eigenvalue weighted by Gasteiger charge is 2.29. The lowest BCUT2D eigenvalue weighted by molar-refractivity contribution is 0.0528. The quantitative estimate of drug-likeness (QED) is 0.558. The maximum atomic E-state index is 12.7. The van der Waals surface area contributed by atoms with Crippen LogP contribution in [0.5, 0.6) is 5.75 Å². The normalized spacial score (nSPS) is 11.1. The summed E-state index contributed by atoms with van der Waals surface area (Å²) in [6.45, 7) is 1.73. The number of benzene rings is 2. The molecule has 0 radical (unpaired) electrons. The van der Waals surface area contributed by atoms with E-state index < -0.39 is 16.0 Å². The molecule has 10 heteroatoms. The van der Waals surface area contributed by atoms with Gasteiger partial charge >= 0.3 is 5.97 Å². The monoisotopic (exact) mass is 436 g/mol. The Morgan fingerprint density at radius 2 is 1.79 bits per heavy atom. The van der Waals surface area contributed by atoms with Gasteiger partial charge in [-0.05, 0) is 43.3 Å². The summed E-state index contributed by atoms with van der Waals surface area (Å²) >= 11 is 5.90. The molecule has 0 spiro atoms. The van der Waals surface area contributed by atoms with E-state index >= 15 is 0 Å². The Morgan fingerprint density at radius 1 is 1.14 bits per heavy atom. The van der Waals surface area contributed by atoms with E-state index in [0.29, 0.717) is 16.3 Å². The van der Waals surface area contributed by atoms with E-state index in [1.807, 2.05) is 0 Å². The third-order valence-corrected chi connectivity index (χ3v) is 5.48. The minimum atomic E-state index is -4.05. The molecule has 0 amide bonds. The number of nitrogens with zero attached hydrogens (tertiary/aromatic N) is 1. The molecule has 0 fully saturated rings. The largest absolute Gasteiger partial charge is 0.497 e. The molecule has 3 aromatic rings. The third-order valence-electron chi connectivity index (χ3n) is 3.89. The highest BCUT2D eigenvalue weighted by molar-refractivity contribution is 7.92. The number of esters is 1. The van der Waals surface area contributed by atoms with Crippen LogP contribution in [0.2, 0.25) is 5.02 Å². The number of anilines is 1. The van der Waals surface area contributed by atoms with Gasteiger partial charge in [0.05, 0.1) is 18.6 Å². The van der Waals surface area contributed by atoms with Gasteiger partial charge in [0.25, 0.3) is 15.9 Å². The van der Waals surface area contributed by atoms with E-state index in [1.54, 1.807) is 31.2 Å². The maximum Gasteiger partial charge on any atom is 0.346 e. The van der Waals surface area contributed by atoms with Gasteiger partial charge in [0.1, 0.15) is 11.4 Å². The summed E-state index contributed by atoms with van der Waals surface area (Å²) in [5, 5.41) is 4.35. The summed E-state index contributed by atoms with van der Waals surface area (Å²) in [4.78, 5) is 12.5. The zero-order valence-corrected chi connectivity index (χ0v) is 17.1. The Balaban J connectivity index is 2.02. The van der Waals surface area contributed by atoms with Gasteiger partial charge in [-0.2, -0.15) is 0 Å². The number of aromatic nitrogens is 1. The molecule has 3 rings (SSSR count). The second-order valence-corrected chi connectivity index (χ2v) is 7.86. The summed E-state index contributed by atoms with van der Waals surface area (Å²) < 4.78 is 42.9. The first-order valence-corrected chi connectivity index (χ1v) is 10.3. The Morgan fingerprint density at radius 3 is 2.38 bits per heavy atom. The van der Waals surface area contributed by atoms with Crippen LogP contribution in [0, 0.1) is 0 Å². The zero-order chi connectivity index (χ0) is 21.0. The summed E-state index contributed by atoms with van der Waals surface area (Å²) in [7, 11) is -2.58. The number of carbonyl (C=O) groups is 1. The molecular weight excluding hydrogens is 420 g/mol. The van der Waals surface area contributed by atoms with Crippen LogP contribution in [-0.4, -0.2) is 33.3 Å². The SMILES string of the molecule is CCOC(=O)c1c(-c2ccc(Cl)cc2)noc1NS(=O)(=O)c1ccc(OC)cc1. The maximum absolute atomic E-state index is 12.7. The van der Waals surface area contributed by atoms with Crippen LogP contribution in [0.15, 0.2) is 57.9 Å². The molecule has 0 unspecified atom stereocenters. The van der Waals surface area contributed by atoms with Crippen molar-refractivity contribution in [2.75, 3.05) is 18.4 Å². The summed E-state index contributed by atoms with van der Waals surface area (Å²) in [5.41, 5.74) is 0.509. The number of rotatable bonds is 7. The lowest BCUT2D eigenvalue weighted by Gasteiger charge is -2.08. The van der Waals surface area contributed by atoms with Crippen LogP contribution in [0.3, 0.4) is 0 Å². The summed E-state index contributed by atoms with van der Waals surface area (Å²) in [6.07, 6.45) is 0. The number of nitrogens with one attached hydrogen (secondary N) is 1. The summed E-state index contributed by atoms with van der Waals surface area (Å²) in [5.74, 6) is -0.615. The molecule has 1 N–H and O–H groups in total. The molecule has 1 heterocycles. The third kappa shape index (κ3) is 4.52. The Kier molecular flexibility index (Phi) is 6.09. The van der Waals surface area contributed by atoms with Crippen molar-refractivity contribution in [2.24, 2.45) is 0 Å². The molecule has 0 aliphatic heterocycles. The molecule has 0 saturated carbocycles. The molecule has 1 aromatic heterocycles. The minimum Gasteiger partial charge on any atom is -0.497 e. The first-order chi connectivity index (χ1) is 13.9. The van der Waals surface area contributed by atoms with Gasteiger partial charge in [-0.15, -0.1) is 0 Å². The topological polar surface area (TPSA) is 108 Å². The fourth-order valence-electron chi connectivity index (χ4n) is 2.49. The molecule has 152 valence electrons. The van der Waals surface area contributed by atoms with Crippen molar-refractivity contribution in [1.29, 1.82) is 0 Å². The van der Waals surface area contributed by atoms with Crippen LogP contribution >= 0.6 is 11.6 Å². The number of hydrogen-bond acceptors (Lipinski definition) is 7. The van der Waals surface area contributed by atoms with Crippen molar-refractivity contribution in [3.63, 3.8) is 0 Å². The highest BCUT2D eigenvalue weighted by Crippen LogP contribution is 2.32. The van der Waals surface area contributed by atoms with Gasteiger partial charge in [0.15, 0.2) is 5.56 Å². The first-order valence-electron chi connectivity index (χ1n) is 8.45. The molecular formula is C19H17ClN2O6S. The van der Waals surface area contributed by atoms with Crippen LogP contribution in [0.1, 0.15) is 17.3 Å². The van der Waals surface area contributed by atoms with Gasteiger partial charge in [-0.3, -0.25) is 0 Å². The molecule has 0 aliphatic carbocycles. The van der Waals surface area contributed by atoms with Gasteiger partial charge in [0.2, 0.25) is 0 Å². The Bertz CT molecular complexity index is 1110. The molecule has 8 nitrogen and oxygen atoms in total. The molecule has 0 bridgehead atoms. The molecule has 0 atom stereocenters. The van der Waals surface area contributed by atoms with E-state index in [1.165, 1.54) is 31.4 Å². The second-order valence-electron chi connectivity index (χ2n) is 5.74. The molecule has 0 saturated heterocycles. The number of ether oxygens (including phenoxy) is 2. The average molecular weight is 437 g/mol. The van der Waals surface area contributed by atoms with Crippen LogP contribution in [-0.2, 0) is 14.8 Å². The summed E-state index contributed by atoms with van der Waals surface area (Å²) in [6, 6.07) is 12.2. The zero-order valence-electron chi connectivity index (χ0n) is 15.5. The highest BCUT2D eigenvalue weighted by atomic mass is 35.5. The van der Waals surface area contributed by atoms with E-state index in [-0.39, 0.29) is 28.6 Å². The van der Waals surface area contributed by atoms with E-state index in [2.05, 4.69) is 9.88 Å². The van der Waals surface area contributed by atoms with Crippen molar-refractivity contribution >= 4 is 33.5 Å². The number of methoxy groups -OCH3 is 1. The number of carbonyl (C=O) groups excluding carboxylic acids is 1. The second kappa shape index (κ2) is 8.54. The van der Waals surface area contributed by atoms with Crippen molar-refractivity contribution < 1.29 is 27.2 Å². The number of hydrogen-bond donors (Lipinski definition) is 1. The van der Waals surface area contributed by atoms with Gasteiger partial charge in [-0.25, -0.2) is 17.9 Å². The van der Waals surface area contributed by atoms with Gasteiger partial charge < -0.3 is 14.0 Å². The van der Waals surface area contributed by atoms with E-state index in [0.717, 1.165) is 0 Å². The van der Waals surface area contributed by atoms with Crippen molar-refractivity contribution in [3.05, 3.63) is 59.1 Å². The average Bonchev–Trinajstić information content (AvgIpc) is 3.11. The molecule has 2 aromatic carbocycles. The van der Waals surface area contributed by atoms with Crippen LogP contribution in [0.4, 0.5) is 5.88 Å². The first kappa shape index (κ1) is 20.7. The van der Waals surface area contributed by atoms with E-state index in [4.69, 9.17) is 25.6 Å². The van der Waals surface area contributed by atoms with Crippen LogP contribution < -0.4 is 9.46 Å². The molecule has 0 aliphatic rings. The standard InChI is InChI=1S/C19H17ClN2O6S/c1-3-27-19(23)16-17(12-4-6-13(20)7-5-12)21-28-18(16)22-29(24,25)15-10-8-14(26-2)9-11-15/h4-11,22H,3H2,1-2H3. The fourth-order valence-corrected chi connectivity index (χ4v) is 3.61. The van der Waals surface area contributed by atoms with Gasteiger partial charge in [0, 0.05) is 10.6 Å². The smallest absolute Gasteiger partial charge is 0.346 e. The Labute approximate surface area is 172 Å². The van der Waals surface area contributed by atoms with Crippen LogP contribution in [0.25, 0.3) is 11.3 Å². The van der Waals surface area contributed by atoms with Gasteiger partial charge in [-0.1, -0.05) is 28.9 Å². The lowest BCUT2D eigenvalue weighted by atomic mass is 10.1. The van der Waals surface area contributed by atoms with Crippen molar-refractivity contribution in [1.82, 2.24) is 5.16 Å².